The summed E-state index contributed by atoms with van der Waals surface area (Å²) < 4.78 is 0. The summed E-state index contributed by atoms with van der Waals surface area (Å²) in [6.45, 7) is 11.3. The van der Waals surface area contributed by atoms with Gasteiger partial charge in [0.1, 0.15) is 5.75 Å². The highest BCUT2D eigenvalue weighted by molar-refractivity contribution is 8.18. The lowest BCUT2D eigenvalue weighted by Crippen LogP contribution is -2.34. The minimum absolute atomic E-state index is 0.0709. The Kier molecular flexibility index (Phi) is 4.85. The first-order valence-electron chi connectivity index (χ1n) is 10.2. The van der Waals surface area contributed by atoms with Gasteiger partial charge >= 0.3 is 0 Å². The number of benzene rings is 2. The van der Waals surface area contributed by atoms with Gasteiger partial charge in [0.05, 0.1) is 4.91 Å². The average Bonchev–Trinajstić information content (AvgIpc) is 2.97. The zero-order chi connectivity index (χ0) is 21.8. The fourth-order valence-corrected chi connectivity index (χ4v) is 5.13. The van der Waals surface area contributed by atoms with E-state index in [4.69, 9.17) is 0 Å². The van der Waals surface area contributed by atoms with Crippen molar-refractivity contribution in [1.29, 1.82) is 0 Å². The fraction of sp³-hybridized carbons (Fsp3) is 0.360. The quantitative estimate of drug-likeness (QED) is 0.580. The van der Waals surface area contributed by atoms with E-state index in [-0.39, 0.29) is 27.7 Å². The molecule has 1 aliphatic carbocycles. The Morgan fingerprint density at radius 3 is 2.20 bits per heavy atom. The summed E-state index contributed by atoms with van der Waals surface area (Å²) in [5.74, 6) is -0.179. The lowest BCUT2D eigenvalue weighted by atomic mass is 9.62. The summed E-state index contributed by atoms with van der Waals surface area (Å²) in [6.07, 6.45) is 3.96. The van der Waals surface area contributed by atoms with E-state index in [0.717, 1.165) is 46.9 Å². The largest absolute Gasteiger partial charge is 0.507 e. The van der Waals surface area contributed by atoms with E-state index in [0.29, 0.717) is 4.91 Å². The number of amides is 2. The van der Waals surface area contributed by atoms with Crippen LogP contribution in [0.3, 0.4) is 0 Å². The number of hydrogen-bond acceptors (Lipinski definition) is 4. The first-order chi connectivity index (χ1) is 14.0. The highest BCUT2D eigenvalue weighted by Gasteiger charge is 2.37. The van der Waals surface area contributed by atoms with Crippen molar-refractivity contribution in [1.82, 2.24) is 5.32 Å². The van der Waals surface area contributed by atoms with Gasteiger partial charge in [-0.2, -0.15) is 0 Å². The monoisotopic (exact) mass is 421 g/mol. The third-order valence-electron chi connectivity index (χ3n) is 6.45. The van der Waals surface area contributed by atoms with E-state index in [1.165, 1.54) is 11.1 Å². The molecule has 2 aliphatic rings. The summed E-state index contributed by atoms with van der Waals surface area (Å²) in [6, 6.07) is 9.79. The Bertz CT molecular complexity index is 1110. The third-order valence-corrected chi connectivity index (χ3v) is 7.26. The molecule has 156 valence electrons. The van der Waals surface area contributed by atoms with Crippen LogP contribution in [0.5, 0.6) is 5.75 Å². The Morgan fingerprint density at radius 1 is 0.967 bits per heavy atom. The van der Waals surface area contributed by atoms with Gasteiger partial charge in [-0.15, -0.1) is 0 Å². The Hall–Kier alpha value is -2.53. The van der Waals surface area contributed by atoms with Gasteiger partial charge < -0.3 is 5.11 Å². The van der Waals surface area contributed by atoms with E-state index in [2.05, 4.69) is 52.1 Å². The standard InChI is InChI=1S/C25H27NO3S/c1-14-10-18-19(25(4,5)9-8-24(18,2)3)13-16(14)17-11-15(6-7-20(17)27)12-21-22(28)26-23(29)30-21/h6-7,10-13,27H,8-9H2,1-5H3,(H,26,28,29)/b21-12-. The lowest BCUT2D eigenvalue weighted by molar-refractivity contribution is -0.115. The molecule has 0 unspecified atom stereocenters. The van der Waals surface area contributed by atoms with Crippen LogP contribution >= 0.6 is 11.8 Å². The molecule has 1 heterocycles. The van der Waals surface area contributed by atoms with Crippen molar-refractivity contribution in [2.45, 2.75) is 58.3 Å². The molecule has 0 aromatic heterocycles. The average molecular weight is 422 g/mol. The molecule has 4 rings (SSSR count). The van der Waals surface area contributed by atoms with Gasteiger partial charge in [0.2, 0.25) is 0 Å². The number of phenolic OH excluding ortho intramolecular Hbond substituents is 1. The number of nitrogens with one attached hydrogen (secondary N) is 1. The second-order valence-electron chi connectivity index (χ2n) is 9.61. The van der Waals surface area contributed by atoms with Crippen molar-refractivity contribution in [3.05, 3.63) is 57.5 Å². The molecular formula is C25H27NO3S. The van der Waals surface area contributed by atoms with Crippen LogP contribution in [-0.2, 0) is 15.6 Å². The Morgan fingerprint density at radius 2 is 1.60 bits per heavy atom. The minimum atomic E-state index is -0.381. The molecule has 1 fully saturated rings. The smallest absolute Gasteiger partial charge is 0.290 e. The van der Waals surface area contributed by atoms with Gasteiger partial charge in [-0.1, -0.05) is 39.8 Å². The van der Waals surface area contributed by atoms with E-state index in [1.807, 2.05) is 6.07 Å². The van der Waals surface area contributed by atoms with E-state index >= 15 is 0 Å². The molecule has 2 aromatic carbocycles. The summed E-state index contributed by atoms with van der Waals surface area (Å²) in [5, 5.41) is 12.6. The lowest BCUT2D eigenvalue weighted by Gasteiger charge is -2.42. The van der Waals surface area contributed by atoms with Crippen LogP contribution in [0.25, 0.3) is 17.2 Å². The SMILES string of the molecule is Cc1cc2c(cc1-c1cc(/C=C3\SC(=O)NC3=O)ccc1O)C(C)(C)CCC2(C)C. The van der Waals surface area contributed by atoms with Gasteiger partial charge in [-0.3, -0.25) is 14.9 Å². The van der Waals surface area contributed by atoms with Gasteiger partial charge in [-0.25, -0.2) is 0 Å². The molecule has 0 atom stereocenters. The van der Waals surface area contributed by atoms with Crippen molar-refractivity contribution >= 4 is 29.0 Å². The van der Waals surface area contributed by atoms with E-state index < -0.39 is 0 Å². The van der Waals surface area contributed by atoms with Crippen molar-refractivity contribution in [2.24, 2.45) is 0 Å². The first kappa shape index (κ1) is 20.7. The Labute approximate surface area is 181 Å². The van der Waals surface area contributed by atoms with Crippen molar-refractivity contribution in [3.63, 3.8) is 0 Å². The second kappa shape index (κ2) is 7.02. The number of aromatic hydroxyl groups is 1. The molecule has 30 heavy (non-hydrogen) atoms. The molecule has 2 N–H and O–H groups in total. The van der Waals surface area contributed by atoms with Crippen molar-refractivity contribution in [3.8, 4) is 16.9 Å². The number of rotatable bonds is 2. The molecule has 1 aliphatic heterocycles. The van der Waals surface area contributed by atoms with Crippen LogP contribution < -0.4 is 5.32 Å². The van der Waals surface area contributed by atoms with Crippen molar-refractivity contribution < 1.29 is 14.7 Å². The summed E-state index contributed by atoms with van der Waals surface area (Å²) >= 11 is 0.895. The molecule has 0 spiro atoms. The molecule has 5 heteroatoms. The molecule has 0 saturated carbocycles. The maximum Gasteiger partial charge on any atom is 0.290 e. The van der Waals surface area contributed by atoms with Gasteiger partial charge in [0.15, 0.2) is 0 Å². The van der Waals surface area contributed by atoms with Gasteiger partial charge in [-0.05, 0) is 94.4 Å². The van der Waals surface area contributed by atoms with Crippen LogP contribution in [0, 0.1) is 6.92 Å². The molecule has 1 saturated heterocycles. The summed E-state index contributed by atoms with van der Waals surface area (Å²) in [5.41, 5.74) is 6.53. The zero-order valence-corrected chi connectivity index (χ0v) is 18.9. The highest BCUT2D eigenvalue weighted by atomic mass is 32.2. The number of imide groups is 1. The summed E-state index contributed by atoms with van der Waals surface area (Å²) in [4.78, 5) is 23.7. The second-order valence-corrected chi connectivity index (χ2v) is 10.6. The maximum absolute atomic E-state index is 11.9. The predicted octanol–water partition coefficient (Wildman–Crippen LogP) is 6.04. The number of carbonyl (C=O) groups excluding carboxylic acids is 2. The maximum atomic E-state index is 11.9. The zero-order valence-electron chi connectivity index (χ0n) is 18.1. The molecule has 2 amide bonds. The number of phenols is 1. The van der Waals surface area contributed by atoms with Crippen LogP contribution in [0.1, 0.15) is 62.8 Å². The minimum Gasteiger partial charge on any atom is -0.507 e. The molecule has 0 radical (unpaired) electrons. The van der Waals surface area contributed by atoms with Gasteiger partial charge in [0.25, 0.3) is 11.1 Å². The van der Waals surface area contributed by atoms with Crippen LogP contribution in [0.15, 0.2) is 35.2 Å². The van der Waals surface area contributed by atoms with Crippen LogP contribution in [0.2, 0.25) is 0 Å². The van der Waals surface area contributed by atoms with Crippen LogP contribution in [0.4, 0.5) is 4.79 Å². The molecule has 2 aromatic rings. The normalized spacial score (nSPS) is 20.9. The van der Waals surface area contributed by atoms with E-state index in [1.54, 1.807) is 18.2 Å². The number of aryl methyl sites for hydroxylation is 1. The van der Waals surface area contributed by atoms with Gasteiger partial charge in [0, 0.05) is 5.56 Å². The molecule has 0 bridgehead atoms. The highest BCUT2D eigenvalue weighted by Crippen LogP contribution is 2.48. The number of carbonyl (C=O) groups is 2. The topological polar surface area (TPSA) is 66.4 Å². The van der Waals surface area contributed by atoms with Crippen LogP contribution in [-0.4, -0.2) is 16.3 Å². The molecule has 4 nitrogen and oxygen atoms in total. The summed E-state index contributed by atoms with van der Waals surface area (Å²) in [7, 11) is 0. The third kappa shape index (κ3) is 3.56. The number of thioether (sulfide) groups is 1. The fourth-order valence-electron chi connectivity index (χ4n) is 4.44. The van der Waals surface area contributed by atoms with Crippen molar-refractivity contribution in [2.75, 3.05) is 0 Å². The van der Waals surface area contributed by atoms with E-state index in [9.17, 15) is 14.7 Å². The Balaban J connectivity index is 1.84. The number of fused-ring (bicyclic) bond motifs is 1. The number of hydrogen-bond donors (Lipinski definition) is 2. The molecular weight excluding hydrogens is 394 g/mol. The first-order valence-corrected chi connectivity index (χ1v) is 11.0. The predicted molar refractivity (Wildman–Crippen MR) is 123 cm³/mol.